The van der Waals surface area contributed by atoms with Gasteiger partial charge in [0.1, 0.15) is 0 Å². The van der Waals surface area contributed by atoms with Gasteiger partial charge in [-0.1, -0.05) is 62.5 Å². The van der Waals surface area contributed by atoms with Gasteiger partial charge in [0, 0.05) is 25.6 Å². The van der Waals surface area contributed by atoms with Crippen LogP contribution in [-0.2, 0) is 0 Å². The summed E-state index contributed by atoms with van der Waals surface area (Å²) in [7, 11) is 0. The zero-order valence-electron chi connectivity index (χ0n) is 10.6. The van der Waals surface area contributed by atoms with Crippen LogP contribution < -0.4 is 5.73 Å². The van der Waals surface area contributed by atoms with Crippen LogP contribution in [0.1, 0.15) is 0 Å². The van der Waals surface area contributed by atoms with Crippen molar-refractivity contribution in [3.05, 3.63) is 57.0 Å². The van der Waals surface area contributed by atoms with Crippen LogP contribution in [0.15, 0.2) is 51.5 Å². The minimum Gasteiger partial charge on any atom is -0.380 e. The van der Waals surface area contributed by atoms with Crippen molar-refractivity contribution in [1.82, 2.24) is 5.16 Å². The quantitative estimate of drug-likeness (QED) is 0.621. The second-order valence-corrected chi connectivity index (χ2v) is 6.07. The van der Waals surface area contributed by atoms with Crippen molar-refractivity contribution >= 4 is 44.9 Å². The zero-order chi connectivity index (χ0) is 15.0. The van der Waals surface area contributed by atoms with E-state index >= 15 is 0 Å². The number of anilines is 1. The molecule has 0 saturated heterocycles. The monoisotopic (exact) mass is 382 g/mol. The zero-order valence-corrected chi connectivity index (χ0v) is 13.7. The van der Waals surface area contributed by atoms with Gasteiger partial charge in [0.2, 0.25) is 0 Å². The molecule has 0 amide bonds. The molecule has 1 aromatic heterocycles. The first-order valence-corrected chi connectivity index (χ1v) is 7.58. The predicted octanol–water partition coefficient (Wildman–Crippen LogP) is 5.66. The van der Waals surface area contributed by atoms with Crippen molar-refractivity contribution < 1.29 is 4.52 Å². The average molecular weight is 384 g/mol. The van der Waals surface area contributed by atoms with E-state index in [4.69, 9.17) is 33.5 Å². The molecule has 3 nitrogen and oxygen atoms in total. The van der Waals surface area contributed by atoms with Gasteiger partial charge in [0.05, 0.1) is 5.56 Å². The van der Waals surface area contributed by atoms with Crippen LogP contribution in [-0.4, -0.2) is 5.16 Å². The summed E-state index contributed by atoms with van der Waals surface area (Å²) in [6.07, 6.45) is 0. The molecule has 2 aromatic carbocycles. The number of benzene rings is 2. The van der Waals surface area contributed by atoms with Gasteiger partial charge < -0.3 is 10.3 Å². The molecule has 0 saturated carbocycles. The molecule has 0 aliphatic heterocycles. The Bertz CT molecular complexity index is 817. The van der Waals surface area contributed by atoms with E-state index in [0.717, 1.165) is 15.6 Å². The number of nitrogens with zero attached hydrogens (tertiary/aromatic N) is 1. The number of rotatable bonds is 2. The summed E-state index contributed by atoms with van der Waals surface area (Å²) in [5, 5.41) is 5.03. The van der Waals surface area contributed by atoms with Crippen molar-refractivity contribution in [1.29, 1.82) is 0 Å². The number of hydrogen-bond acceptors (Lipinski definition) is 3. The molecule has 106 valence electrons. The van der Waals surface area contributed by atoms with E-state index in [0.29, 0.717) is 21.4 Å². The highest BCUT2D eigenvalue weighted by Gasteiger charge is 2.21. The molecule has 0 fully saturated rings. The average Bonchev–Trinajstić information content (AvgIpc) is 2.84. The van der Waals surface area contributed by atoms with E-state index < -0.39 is 0 Å². The van der Waals surface area contributed by atoms with Crippen LogP contribution in [0.3, 0.4) is 0 Å². The van der Waals surface area contributed by atoms with Crippen LogP contribution in [0.5, 0.6) is 0 Å². The number of nitrogen functional groups attached to an aromatic ring is 1. The maximum atomic E-state index is 6.26. The third kappa shape index (κ3) is 2.67. The Hall–Kier alpha value is -1.49. The predicted molar refractivity (Wildman–Crippen MR) is 89.5 cm³/mol. The number of halogens is 3. The van der Waals surface area contributed by atoms with E-state index in [9.17, 15) is 0 Å². The Morgan fingerprint density at radius 3 is 2.57 bits per heavy atom. The van der Waals surface area contributed by atoms with Crippen molar-refractivity contribution in [2.45, 2.75) is 0 Å². The van der Waals surface area contributed by atoms with E-state index in [2.05, 4.69) is 21.1 Å². The van der Waals surface area contributed by atoms with Crippen LogP contribution in [0.2, 0.25) is 10.0 Å². The number of aromatic nitrogens is 1. The molecule has 0 aliphatic rings. The summed E-state index contributed by atoms with van der Waals surface area (Å²) in [5.41, 5.74) is 8.14. The van der Waals surface area contributed by atoms with Gasteiger partial charge in [-0.15, -0.1) is 0 Å². The maximum absolute atomic E-state index is 6.26. The second kappa shape index (κ2) is 5.72. The summed E-state index contributed by atoms with van der Waals surface area (Å²) in [4.78, 5) is 0. The largest absolute Gasteiger partial charge is 0.380 e. The molecule has 0 aliphatic carbocycles. The van der Waals surface area contributed by atoms with Gasteiger partial charge in [-0.3, -0.25) is 0 Å². The number of hydrogen-bond donors (Lipinski definition) is 1. The van der Waals surface area contributed by atoms with E-state index in [1.54, 1.807) is 18.2 Å². The smallest absolute Gasteiger partial charge is 0.178 e. The van der Waals surface area contributed by atoms with Gasteiger partial charge in [-0.25, -0.2) is 0 Å². The van der Waals surface area contributed by atoms with Crippen molar-refractivity contribution in [2.75, 3.05) is 5.73 Å². The van der Waals surface area contributed by atoms with Crippen LogP contribution >= 0.6 is 39.1 Å². The lowest BCUT2D eigenvalue weighted by molar-refractivity contribution is 0.436. The fourth-order valence-corrected chi connectivity index (χ4v) is 2.91. The molecule has 0 bridgehead atoms. The third-order valence-corrected chi connectivity index (χ3v) is 4.29. The van der Waals surface area contributed by atoms with Gasteiger partial charge >= 0.3 is 0 Å². The molecule has 0 spiro atoms. The first-order chi connectivity index (χ1) is 10.1. The molecule has 0 radical (unpaired) electrons. The summed E-state index contributed by atoms with van der Waals surface area (Å²) >= 11 is 15.8. The van der Waals surface area contributed by atoms with Crippen LogP contribution in [0.4, 0.5) is 5.82 Å². The highest BCUT2D eigenvalue weighted by Crippen LogP contribution is 2.42. The standard InChI is InChI=1S/C15H9BrCl2N2O/c16-11-6-5-8(17)7-10(11)14-13(15(19)20-21-14)9-3-1-2-4-12(9)18/h1-7H,(H2,19,20). The fraction of sp³-hybridized carbons (Fsp3) is 0. The lowest BCUT2D eigenvalue weighted by atomic mass is 10.0. The van der Waals surface area contributed by atoms with Crippen LogP contribution in [0.25, 0.3) is 22.5 Å². The van der Waals surface area contributed by atoms with Gasteiger partial charge in [0.15, 0.2) is 11.6 Å². The topological polar surface area (TPSA) is 52.0 Å². The SMILES string of the molecule is Nc1noc(-c2cc(Cl)ccc2Br)c1-c1ccccc1Cl. The number of nitrogens with two attached hydrogens (primary N) is 1. The molecule has 3 rings (SSSR count). The van der Waals surface area contributed by atoms with Crippen molar-refractivity contribution in [3.8, 4) is 22.5 Å². The fourth-order valence-electron chi connectivity index (χ4n) is 2.08. The minimum absolute atomic E-state index is 0.282. The Morgan fingerprint density at radius 2 is 1.81 bits per heavy atom. The minimum atomic E-state index is 0.282. The first-order valence-electron chi connectivity index (χ1n) is 6.03. The third-order valence-electron chi connectivity index (χ3n) is 3.03. The summed E-state index contributed by atoms with van der Waals surface area (Å²) in [6.45, 7) is 0. The maximum Gasteiger partial charge on any atom is 0.178 e. The molecule has 6 heteroatoms. The summed E-state index contributed by atoms with van der Waals surface area (Å²) in [5.74, 6) is 0.806. The lowest BCUT2D eigenvalue weighted by Gasteiger charge is -2.07. The highest BCUT2D eigenvalue weighted by molar-refractivity contribution is 9.10. The van der Waals surface area contributed by atoms with Gasteiger partial charge in [-0.05, 0) is 24.3 Å². The van der Waals surface area contributed by atoms with E-state index in [-0.39, 0.29) is 5.82 Å². The molecule has 21 heavy (non-hydrogen) atoms. The second-order valence-electron chi connectivity index (χ2n) is 4.38. The molecule has 2 N–H and O–H groups in total. The molecule has 1 heterocycles. The summed E-state index contributed by atoms with van der Waals surface area (Å²) < 4.78 is 6.23. The van der Waals surface area contributed by atoms with Gasteiger partial charge in [0.25, 0.3) is 0 Å². The highest BCUT2D eigenvalue weighted by atomic mass is 79.9. The Balaban J connectivity index is 2.27. The summed E-state index contributed by atoms with van der Waals surface area (Å²) in [6, 6.07) is 12.8. The van der Waals surface area contributed by atoms with Crippen LogP contribution in [0, 0.1) is 0 Å². The Kier molecular flexibility index (Phi) is 3.93. The van der Waals surface area contributed by atoms with E-state index in [1.807, 2.05) is 24.3 Å². The van der Waals surface area contributed by atoms with Gasteiger partial charge in [-0.2, -0.15) is 0 Å². The molecule has 3 aromatic rings. The molecule has 0 unspecified atom stereocenters. The normalized spacial score (nSPS) is 10.8. The Morgan fingerprint density at radius 1 is 1.05 bits per heavy atom. The van der Waals surface area contributed by atoms with E-state index in [1.165, 1.54) is 0 Å². The lowest BCUT2D eigenvalue weighted by Crippen LogP contribution is -1.90. The Labute approximate surface area is 139 Å². The molecular weight excluding hydrogens is 375 g/mol. The van der Waals surface area contributed by atoms with Crippen molar-refractivity contribution in [2.24, 2.45) is 0 Å². The molecule has 0 atom stereocenters. The molecular formula is C15H9BrCl2N2O. The van der Waals surface area contributed by atoms with Crippen molar-refractivity contribution in [3.63, 3.8) is 0 Å². The first kappa shape index (κ1) is 14.4.